The third kappa shape index (κ3) is 3.27. The predicted octanol–water partition coefficient (Wildman–Crippen LogP) is 1.75. The maximum atomic E-state index is 8.96. The lowest BCUT2D eigenvalue weighted by molar-refractivity contribution is 0.318. The van der Waals surface area contributed by atoms with Crippen molar-refractivity contribution in [1.82, 2.24) is 20.2 Å². The molecule has 2 heterocycles. The largest absolute Gasteiger partial charge is 0.409 e. The van der Waals surface area contributed by atoms with Crippen molar-refractivity contribution in [2.24, 2.45) is 10.9 Å². The second-order valence-electron chi connectivity index (χ2n) is 4.61. The first-order valence-electron chi connectivity index (χ1n) is 6.24. The van der Waals surface area contributed by atoms with Gasteiger partial charge in [0, 0.05) is 11.4 Å². The van der Waals surface area contributed by atoms with E-state index in [1.165, 1.54) is 11.8 Å². The van der Waals surface area contributed by atoms with Gasteiger partial charge in [0.05, 0.1) is 11.3 Å². The van der Waals surface area contributed by atoms with E-state index in [0.717, 1.165) is 22.6 Å². The molecule has 0 unspecified atom stereocenters. The van der Waals surface area contributed by atoms with Crippen LogP contribution in [0.4, 0.5) is 0 Å². The van der Waals surface area contributed by atoms with Crippen LogP contribution in [0.5, 0.6) is 0 Å². The maximum Gasteiger partial charge on any atom is 0.194 e. The van der Waals surface area contributed by atoms with E-state index in [4.69, 9.17) is 10.9 Å². The first-order chi connectivity index (χ1) is 9.92. The van der Waals surface area contributed by atoms with E-state index in [2.05, 4.69) is 25.3 Å². The van der Waals surface area contributed by atoms with Gasteiger partial charge in [-0.05, 0) is 51.1 Å². The molecule has 21 heavy (non-hydrogen) atoms. The number of hydrogen-bond acceptors (Lipinski definition) is 7. The fourth-order valence-corrected chi connectivity index (χ4v) is 2.83. The van der Waals surface area contributed by atoms with Crippen LogP contribution in [0.1, 0.15) is 28.2 Å². The van der Waals surface area contributed by atoms with Crippen molar-refractivity contribution < 1.29 is 5.21 Å². The van der Waals surface area contributed by atoms with E-state index in [1.807, 2.05) is 33.8 Å². The summed E-state index contributed by atoms with van der Waals surface area (Å²) >= 11 is 1.24. The molecule has 0 aromatic carbocycles. The third-order valence-corrected chi connectivity index (χ3v) is 3.78. The van der Waals surface area contributed by atoms with E-state index in [-0.39, 0.29) is 5.84 Å². The molecule has 0 fully saturated rings. The molecule has 0 aliphatic heterocycles. The number of oxime groups is 1. The number of rotatable bonds is 3. The molecule has 7 nitrogen and oxygen atoms in total. The summed E-state index contributed by atoms with van der Waals surface area (Å²) in [6.45, 7) is 7.46. The van der Waals surface area contributed by atoms with Gasteiger partial charge in [-0.2, -0.15) is 5.10 Å². The van der Waals surface area contributed by atoms with Crippen LogP contribution in [0, 0.1) is 27.7 Å². The van der Waals surface area contributed by atoms with Gasteiger partial charge >= 0.3 is 0 Å². The fraction of sp³-hybridized carbons (Fsp3) is 0.308. The summed E-state index contributed by atoms with van der Waals surface area (Å²) in [4.78, 5) is 8.70. The van der Waals surface area contributed by atoms with Crippen LogP contribution < -0.4 is 5.73 Å². The van der Waals surface area contributed by atoms with Gasteiger partial charge in [-0.3, -0.25) is 0 Å². The summed E-state index contributed by atoms with van der Waals surface area (Å²) in [5.41, 5.74) is 9.58. The minimum atomic E-state index is -0.00243. The van der Waals surface area contributed by atoms with Crippen molar-refractivity contribution in [3.05, 3.63) is 34.3 Å². The molecular weight excluding hydrogens is 288 g/mol. The van der Waals surface area contributed by atoms with Gasteiger partial charge in [0.2, 0.25) is 0 Å². The van der Waals surface area contributed by atoms with Crippen LogP contribution in [-0.4, -0.2) is 31.2 Å². The molecule has 2 rings (SSSR count). The fourth-order valence-electron chi connectivity index (χ4n) is 1.84. The number of nitrogens with two attached hydrogens (primary N) is 1. The summed E-state index contributed by atoms with van der Waals surface area (Å²) < 4.78 is 0. The SMILES string of the molecule is Cc1cc(C)nc(Sc2nnc(C)c(C)c2C(N)=NO)n1. The lowest BCUT2D eigenvalue weighted by atomic mass is 10.1. The summed E-state index contributed by atoms with van der Waals surface area (Å²) in [5.74, 6) is -0.00243. The first kappa shape index (κ1) is 15.2. The van der Waals surface area contributed by atoms with Gasteiger partial charge in [-0.1, -0.05) is 5.16 Å². The topological polar surface area (TPSA) is 110 Å². The Hall–Kier alpha value is -2.22. The van der Waals surface area contributed by atoms with Crippen molar-refractivity contribution in [3.8, 4) is 0 Å². The number of nitrogens with zero attached hydrogens (tertiary/aromatic N) is 5. The Balaban J connectivity index is 2.51. The van der Waals surface area contributed by atoms with Crippen LogP contribution in [0.25, 0.3) is 0 Å². The van der Waals surface area contributed by atoms with Crippen LogP contribution in [0.2, 0.25) is 0 Å². The van der Waals surface area contributed by atoms with Gasteiger partial charge in [-0.25, -0.2) is 9.97 Å². The molecule has 0 radical (unpaired) electrons. The maximum absolute atomic E-state index is 8.96. The highest BCUT2D eigenvalue weighted by molar-refractivity contribution is 7.99. The van der Waals surface area contributed by atoms with Gasteiger partial charge in [0.15, 0.2) is 11.0 Å². The molecule has 0 amide bonds. The number of aryl methyl sites for hydroxylation is 3. The van der Waals surface area contributed by atoms with E-state index < -0.39 is 0 Å². The van der Waals surface area contributed by atoms with E-state index >= 15 is 0 Å². The Morgan fingerprint density at radius 2 is 1.76 bits per heavy atom. The molecule has 8 heteroatoms. The van der Waals surface area contributed by atoms with Crippen molar-refractivity contribution in [3.63, 3.8) is 0 Å². The monoisotopic (exact) mass is 304 g/mol. The third-order valence-electron chi connectivity index (χ3n) is 2.94. The second-order valence-corrected chi connectivity index (χ2v) is 5.57. The van der Waals surface area contributed by atoms with Crippen LogP contribution in [0.3, 0.4) is 0 Å². The minimum Gasteiger partial charge on any atom is -0.409 e. The predicted molar refractivity (Wildman–Crippen MR) is 79.6 cm³/mol. The highest BCUT2D eigenvalue weighted by Crippen LogP contribution is 2.28. The average Bonchev–Trinajstić information content (AvgIpc) is 2.41. The summed E-state index contributed by atoms with van der Waals surface area (Å²) in [6.07, 6.45) is 0. The molecule has 2 aromatic heterocycles. The smallest absolute Gasteiger partial charge is 0.194 e. The first-order valence-corrected chi connectivity index (χ1v) is 7.06. The number of hydrogen-bond donors (Lipinski definition) is 2. The average molecular weight is 304 g/mol. The standard InChI is InChI=1S/C13H16N6OS/c1-6-5-7(2)16-13(15-6)21-12-10(11(14)19-20)8(3)9(4)17-18-12/h5,20H,1-4H3,(H2,14,19). The van der Waals surface area contributed by atoms with Gasteiger partial charge < -0.3 is 10.9 Å². The quantitative estimate of drug-likeness (QED) is 0.292. The van der Waals surface area contributed by atoms with Crippen molar-refractivity contribution >= 4 is 17.6 Å². The summed E-state index contributed by atoms with van der Waals surface area (Å²) in [7, 11) is 0. The second kappa shape index (κ2) is 6.04. The highest BCUT2D eigenvalue weighted by atomic mass is 32.2. The zero-order valence-corrected chi connectivity index (χ0v) is 13.1. The highest BCUT2D eigenvalue weighted by Gasteiger charge is 2.17. The Labute approximate surface area is 126 Å². The molecular formula is C13H16N6OS. The summed E-state index contributed by atoms with van der Waals surface area (Å²) in [5, 5.41) is 21.3. The van der Waals surface area contributed by atoms with Gasteiger partial charge in [0.25, 0.3) is 0 Å². The lowest BCUT2D eigenvalue weighted by Crippen LogP contribution is -2.18. The molecule has 0 aliphatic rings. The van der Waals surface area contributed by atoms with Crippen molar-refractivity contribution in [2.45, 2.75) is 37.9 Å². The molecule has 0 saturated carbocycles. The normalized spacial score (nSPS) is 11.7. The molecule has 0 saturated heterocycles. The zero-order chi connectivity index (χ0) is 15.6. The zero-order valence-electron chi connectivity index (χ0n) is 12.2. The molecule has 0 aliphatic carbocycles. The van der Waals surface area contributed by atoms with E-state index in [0.29, 0.717) is 15.7 Å². The van der Waals surface area contributed by atoms with Crippen LogP contribution >= 0.6 is 11.8 Å². The summed E-state index contributed by atoms with van der Waals surface area (Å²) in [6, 6.07) is 1.89. The van der Waals surface area contributed by atoms with E-state index in [1.54, 1.807) is 0 Å². The molecule has 2 aromatic rings. The van der Waals surface area contributed by atoms with Gasteiger partial charge in [-0.15, -0.1) is 5.10 Å². The lowest BCUT2D eigenvalue weighted by Gasteiger charge is -2.10. The molecule has 0 bridgehead atoms. The number of aromatic nitrogens is 4. The Morgan fingerprint density at radius 1 is 1.14 bits per heavy atom. The van der Waals surface area contributed by atoms with Crippen LogP contribution in [0.15, 0.2) is 21.4 Å². The molecule has 3 N–H and O–H groups in total. The molecule has 0 spiro atoms. The van der Waals surface area contributed by atoms with Crippen LogP contribution in [-0.2, 0) is 0 Å². The molecule has 0 atom stereocenters. The van der Waals surface area contributed by atoms with E-state index in [9.17, 15) is 0 Å². The van der Waals surface area contributed by atoms with Crippen molar-refractivity contribution in [1.29, 1.82) is 0 Å². The van der Waals surface area contributed by atoms with Crippen molar-refractivity contribution in [2.75, 3.05) is 0 Å². The Morgan fingerprint density at radius 3 is 2.33 bits per heavy atom. The molecule has 110 valence electrons. The number of amidine groups is 1. The Kier molecular flexibility index (Phi) is 4.37. The van der Waals surface area contributed by atoms with Gasteiger partial charge in [0.1, 0.15) is 5.03 Å². The minimum absolute atomic E-state index is 0.00243. The Bertz CT molecular complexity index is 696.